The van der Waals surface area contributed by atoms with E-state index < -0.39 is 0 Å². The summed E-state index contributed by atoms with van der Waals surface area (Å²) in [4.78, 5) is 11.0. The van der Waals surface area contributed by atoms with Gasteiger partial charge in [-0.15, -0.1) is 0 Å². The Morgan fingerprint density at radius 3 is 2.47 bits per heavy atom. The molecule has 17 heavy (non-hydrogen) atoms. The van der Waals surface area contributed by atoms with E-state index in [-0.39, 0.29) is 5.54 Å². The van der Waals surface area contributed by atoms with Crippen LogP contribution in [0.5, 0.6) is 0 Å². The first-order valence-electron chi connectivity index (χ1n) is 6.02. The van der Waals surface area contributed by atoms with Crippen molar-refractivity contribution in [3.05, 3.63) is 11.2 Å². The van der Waals surface area contributed by atoms with Gasteiger partial charge in [0.05, 0.1) is 0 Å². The third-order valence-electron chi connectivity index (χ3n) is 2.58. The minimum Gasteiger partial charge on any atom is -0.365 e. The van der Waals surface area contributed by atoms with Crippen molar-refractivity contribution in [3.8, 4) is 0 Å². The molecule has 0 radical (unpaired) electrons. The summed E-state index contributed by atoms with van der Waals surface area (Å²) in [5, 5.41) is 3.82. The van der Waals surface area contributed by atoms with Crippen molar-refractivity contribution < 1.29 is 0 Å². The predicted octanol–water partition coefficient (Wildman–Crippen LogP) is 2.94. The van der Waals surface area contributed by atoms with Gasteiger partial charge in [0, 0.05) is 24.7 Å². The molecule has 94 valence electrons. The minimum atomic E-state index is -0.0278. The zero-order chi connectivity index (χ0) is 12.5. The number of nitrogens with zero attached hydrogens (tertiary/aromatic N) is 3. The summed E-state index contributed by atoms with van der Waals surface area (Å²) < 4.78 is 0. The van der Waals surface area contributed by atoms with Crippen LogP contribution in [-0.4, -0.2) is 28.6 Å². The fraction of sp³-hybridized carbons (Fsp3) is 0.667. The van der Waals surface area contributed by atoms with E-state index in [0.29, 0.717) is 5.15 Å². The predicted molar refractivity (Wildman–Crippen MR) is 71.9 cm³/mol. The highest BCUT2D eigenvalue weighted by molar-refractivity contribution is 6.29. The average molecular weight is 255 g/mol. The van der Waals surface area contributed by atoms with Crippen LogP contribution in [0.1, 0.15) is 33.6 Å². The number of halogens is 1. The Kier molecular flexibility index (Phi) is 3.43. The van der Waals surface area contributed by atoms with E-state index in [2.05, 4.69) is 41.0 Å². The van der Waals surface area contributed by atoms with Crippen molar-refractivity contribution in [2.45, 2.75) is 39.2 Å². The lowest BCUT2D eigenvalue weighted by Crippen LogP contribution is -2.28. The van der Waals surface area contributed by atoms with Gasteiger partial charge in [0.2, 0.25) is 5.95 Å². The van der Waals surface area contributed by atoms with Crippen LogP contribution in [0, 0.1) is 0 Å². The molecular weight excluding hydrogens is 236 g/mol. The van der Waals surface area contributed by atoms with Crippen molar-refractivity contribution in [3.63, 3.8) is 0 Å². The molecule has 5 heteroatoms. The number of aromatic nitrogens is 2. The molecule has 0 unspecified atom stereocenters. The van der Waals surface area contributed by atoms with Crippen molar-refractivity contribution >= 4 is 23.4 Å². The lowest BCUT2D eigenvalue weighted by atomic mass is 10.1. The molecular formula is C12H19ClN4. The SMILES string of the molecule is CC(C)(C)Nc1cc(Cl)nc(N2CCCC2)n1. The van der Waals surface area contributed by atoms with Crippen LogP contribution in [0.2, 0.25) is 5.15 Å². The van der Waals surface area contributed by atoms with Crippen LogP contribution in [0.3, 0.4) is 0 Å². The molecule has 1 aromatic rings. The highest BCUT2D eigenvalue weighted by Crippen LogP contribution is 2.22. The zero-order valence-electron chi connectivity index (χ0n) is 10.6. The highest BCUT2D eigenvalue weighted by atomic mass is 35.5. The third kappa shape index (κ3) is 3.46. The molecule has 0 aliphatic carbocycles. The molecule has 4 nitrogen and oxygen atoms in total. The summed E-state index contributed by atoms with van der Waals surface area (Å²) in [5.41, 5.74) is -0.0278. The maximum atomic E-state index is 6.04. The summed E-state index contributed by atoms with van der Waals surface area (Å²) >= 11 is 6.04. The monoisotopic (exact) mass is 254 g/mol. The Morgan fingerprint density at radius 1 is 1.24 bits per heavy atom. The maximum Gasteiger partial charge on any atom is 0.228 e. The molecule has 0 amide bonds. The zero-order valence-corrected chi connectivity index (χ0v) is 11.4. The van der Waals surface area contributed by atoms with Crippen molar-refractivity contribution in [2.24, 2.45) is 0 Å². The smallest absolute Gasteiger partial charge is 0.228 e. The van der Waals surface area contributed by atoms with E-state index in [1.165, 1.54) is 12.8 Å². The first-order chi connectivity index (χ1) is 7.94. The van der Waals surface area contributed by atoms with Gasteiger partial charge in [-0.25, -0.2) is 4.98 Å². The number of anilines is 2. The number of hydrogen-bond acceptors (Lipinski definition) is 4. The number of rotatable bonds is 2. The Labute approximate surface area is 107 Å². The Hall–Kier alpha value is -1.03. The highest BCUT2D eigenvalue weighted by Gasteiger charge is 2.17. The Balaban J connectivity index is 2.22. The van der Waals surface area contributed by atoms with E-state index in [1.54, 1.807) is 6.07 Å². The van der Waals surface area contributed by atoms with Crippen LogP contribution in [0.15, 0.2) is 6.07 Å². The molecule has 0 atom stereocenters. The molecule has 1 N–H and O–H groups in total. The van der Waals surface area contributed by atoms with E-state index in [0.717, 1.165) is 24.9 Å². The maximum absolute atomic E-state index is 6.04. The van der Waals surface area contributed by atoms with Gasteiger partial charge in [0.25, 0.3) is 0 Å². The van der Waals surface area contributed by atoms with Crippen LogP contribution in [0.25, 0.3) is 0 Å². The van der Waals surface area contributed by atoms with Gasteiger partial charge in [-0.1, -0.05) is 11.6 Å². The molecule has 2 rings (SSSR count). The normalized spacial score (nSPS) is 16.4. The van der Waals surface area contributed by atoms with Crippen LogP contribution >= 0.6 is 11.6 Å². The van der Waals surface area contributed by atoms with Crippen LogP contribution < -0.4 is 10.2 Å². The lowest BCUT2D eigenvalue weighted by Gasteiger charge is -2.23. The van der Waals surface area contributed by atoms with E-state index in [4.69, 9.17) is 11.6 Å². The van der Waals surface area contributed by atoms with Gasteiger partial charge in [0.15, 0.2) is 0 Å². The first kappa shape index (κ1) is 12.4. The molecule has 0 saturated carbocycles. The first-order valence-corrected chi connectivity index (χ1v) is 6.39. The van der Waals surface area contributed by atoms with Gasteiger partial charge >= 0.3 is 0 Å². The summed E-state index contributed by atoms with van der Waals surface area (Å²) in [6.45, 7) is 8.33. The summed E-state index contributed by atoms with van der Waals surface area (Å²) in [6, 6.07) is 1.77. The molecule has 1 aliphatic heterocycles. The minimum absolute atomic E-state index is 0.0278. The largest absolute Gasteiger partial charge is 0.365 e. The quantitative estimate of drug-likeness (QED) is 0.824. The standard InChI is InChI=1S/C12H19ClN4/c1-12(2,3)16-10-8-9(13)14-11(15-10)17-6-4-5-7-17/h8H,4-7H2,1-3H3,(H,14,15,16). The molecule has 1 aromatic heterocycles. The Morgan fingerprint density at radius 2 is 1.88 bits per heavy atom. The number of hydrogen-bond donors (Lipinski definition) is 1. The van der Waals surface area contributed by atoms with E-state index in [9.17, 15) is 0 Å². The molecule has 2 heterocycles. The van der Waals surface area contributed by atoms with Gasteiger partial charge in [-0.3, -0.25) is 0 Å². The second-order valence-corrected chi connectivity index (χ2v) is 5.83. The van der Waals surface area contributed by atoms with Crippen LogP contribution in [0.4, 0.5) is 11.8 Å². The van der Waals surface area contributed by atoms with Gasteiger partial charge in [-0.2, -0.15) is 4.98 Å². The second-order valence-electron chi connectivity index (χ2n) is 5.45. The lowest BCUT2D eigenvalue weighted by molar-refractivity contribution is 0.630. The molecule has 1 saturated heterocycles. The van der Waals surface area contributed by atoms with Crippen molar-refractivity contribution in [1.29, 1.82) is 0 Å². The van der Waals surface area contributed by atoms with E-state index >= 15 is 0 Å². The summed E-state index contributed by atoms with van der Waals surface area (Å²) in [7, 11) is 0. The van der Waals surface area contributed by atoms with E-state index in [1.807, 2.05) is 0 Å². The topological polar surface area (TPSA) is 41.1 Å². The molecule has 0 spiro atoms. The third-order valence-corrected chi connectivity index (χ3v) is 2.77. The van der Waals surface area contributed by atoms with Gasteiger partial charge in [-0.05, 0) is 33.6 Å². The molecule has 1 aliphatic rings. The second kappa shape index (κ2) is 4.69. The average Bonchev–Trinajstić information content (AvgIpc) is 2.65. The summed E-state index contributed by atoms with van der Waals surface area (Å²) in [5.74, 6) is 1.53. The fourth-order valence-electron chi connectivity index (χ4n) is 1.91. The number of nitrogens with one attached hydrogen (secondary N) is 1. The molecule has 1 fully saturated rings. The Bertz CT molecular complexity index is 394. The van der Waals surface area contributed by atoms with Crippen molar-refractivity contribution in [1.82, 2.24) is 9.97 Å². The van der Waals surface area contributed by atoms with Crippen molar-refractivity contribution in [2.75, 3.05) is 23.3 Å². The van der Waals surface area contributed by atoms with Gasteiger partial charge in [0.1, 0.15) is 11.0 Å². The molecule has 0 bridgehead atoms. The fourth-order valence-corrected chi connectivity index (χ4v) is 2.09. The van der Waals surface area contributed by atoms with Crippen LogP contribution in [-0.2, 0) is 0 Å². The molecule has 0 aromatic carbocycles. The van der Waals surface area contributed by atoms with Gasteiger partial charge < -0.3 is 10.2 Å². The summed E-state index contributed by atoms with van der Waals surface area (Å²) in [6.07, 6.45) is 2.41.